The monoisotopic (exact) mass is 413 g/mol. The van der Waals surface area contributed by atoms with Crippen LogP contribution in [0.5, 0.6) is 5.75 Å². The van der Waals surface area contributed by atoms with Crippen molar-refractivity contribution in [2.24, 2.45) is 0 Å². The van der Waals surface area contributed by atoms with Crippen LogP contribution in [0.1, 0.15) is 27.8 Å². The molecule has 0 bridgehead atoms. The number of carbonyl (C=O) groups is 4. The summed E-state index contributed by atoms with van der Waals surface area (Å²) in [5.74, 6) is -3.13. The minimum Gasteiger partial charge on any atom is -0.451 e. The summed E-state index contributed by atoms with van der Waals surface area (Å²) < 4.78 is 33.0. The number of esters is 1. The first-order valence-electron chi connectivity index (χ1n) is 7.54. The number of nitrogens with zero attached hydrogens (tertiary/aromatic N) is 1. The molecule has 0 saturated carbocycles. The number of ether oxygens (including phenoxy) is 2. The Bertz CT molecular complexity index is 885. The van der Waals surface area contributed by atoms with Gasteiger partial charge in [0.1, 0.15) is 5.75 Å². The van der Waals surface area contributed by atoms with E-state index in [1.54, 1.807) is 0 Å². The number of alkyl halides is 2. The smallest absolute Gasteiger partial charge is 0.387 e. The van der Waals surface area contributed by atoms with Gasteiger partial charge in [-0.15, -0.1) is 11.3 Å². The zero-order valence-corrected chi connectivity index (χ0v) is 15.0. The zero-order valence-electron chi connectivity index (χ0n) is 14.2. The van der Waals surface area contributed by atoms with Gasteiger partial charge in [-0.25, -0.2) is 9.78 Å². The van der Waals surface area contributed by atoms with Crippen molar-refractivity contribution in [3.63, 3.8) is 0 Å². The summed E-state index contributed by atoms with van der Waals surface area (Å²) >= 11 is 0.997. The SMILES string of the molecule is CC(=O)Nc1nc(C(=O)OCC(=O)NC(=O)c2ccc(OC(F)F)cc2)cs1. The number of carbonyl (C=O) groups excluding carboxylic acids is 4. The highest BCUT2D eigenvalue weighted by Crippen LogP contribution is 2.16. The number of anilines is 1. The van der Waals surface area contributed by atoms with Gasteiger partial charge in [0, 0.05) is 17.9 Å². The van der Waals surface area contributed by atoms with Crippen molar-refractivity contribution >= 4 is 40.2 Å². The van der Waals surface area contributed by atoms with E-state index in [4.69, 9.17) is 4.74 Å². The molecule has 1 heterocycles. The van der Waals surface area contributed by atoms with Gasteiger partial charge in [-0.2, -0.15) is 8.78 Å². The molecule has 0 atom stereocenters. The first-order chi connectivity index (χ1) is 13.2. The van der Waals surface area contributed by atoms with Gasteiger partial charge < -0.3 is 14.8 Å². The number of amides is 3. The Morgan fingerprint density at radius 3 is 2.46 bits per heavy atom. The predicted molar refractivity (Wildman–Crippen MR) is 92.2 cm³/mol. The standard InChI is InChI=1S/C16H13F2N3O6S/c1-8(22)19-16-20-11(7-28-16)14(25)26-6-12(23)21-13(24)9-2-4-10(5-3-9)27-15(17)18/h2-5,7,15H,6H2,1H3,(H,19,20,22)(H,21,23,24). The maximum absolute atomic E-state index is 12.1. The van der Waals surface area contributed by atoms with Crippen molar-refractivity contribution in [1.82, 2.24) is 10.3 Å². The van der Waals surface area contributed by atoms with Gasteiger partial charge in [0.05, 0.1) is 0 Å². The highest BCUT2D eigenvalue weighted by Gasteiger charge is 2.16. The fraction of sp³-hybridized carbons (Fsp3) is 0.188. The third-order valence-electron chi connectivity index (χ3n) is 2.93. The zero-order chi connectivity index (χ0) is 20.7. The molecule has 2 N–H and O–H groups in total. The molecule has 2 rings (SSSR count). The van der Waals surface area contributed by atoms with Crippen LogP contribution in [0.4, 0.5) is 13.9 Å². The Hall–Kier alpha value is -3.41. The van der Waals surface area contributed by atoms with Crippen molar-refractivity contribution in [3.8, 4) is 5.75 Å². The fourth-order valence-electron chi connectivity index (χ4n) is 1.80. The van der Waals surface area contributed by atoms with Crippen LogP contribution in [0.3, 0.4) is 0 Å². The normalized spacial score (nSPS) is 10.3. The van der Waals surface area contributed by atoms with Gasteiger partial charge in [-0.05, 0) is 24.3 Å². The van der Waals surface area contributed by atoms with Crippen LogP contribution in [-0.2, 0) is 14.3 Å². The molecule has 9 nitrogen and oxygen atoms in total. The van der Waals surface area contributed by atoms with E-state index in [9.17, 15) is 28.0 Å². The molecule has 1 aromatic carbocycles. The molecule has 0 fully saturated rings. The second kappa shape index (κ2) is 9.50. The molecular weight excluding hydrogens is 400 g/mol. The number of imide groups is 1. The summed E-state index contributed by atoms with van der Waals surface area (Å²) in [6.45, 7) is -2.47. The highest BCUT2D eigenvalue weighted by molar-refractivity contribution is 7.14. The van der Waals surface area contributed by atoms with Crippen molar-refractivity contribution in [1.29, 1.82) is 0 Å². The van der Waals surface area contributed by atoms with Gasteiger partial charge in [0.25, 0.3) is 11.8 Å². The number of hydrogen-bond acceptors (Lipinski definition) is 8. The minimum atomic E-state index is -3.00. The molecule has 28 heavy (non-hydrogen) atoms. The predicted octanol–water partition coefficient (Wildman–Crippen LogP) is 1.82. The molecule has 0 aliphatic rings. The van der Waals surface area contributed by atoms with Gasteiger partial charge >= 0.3 is 12.6 Å². The van der Waals surface area contributed by atoms with Crippen molar-refractivity contribution in [3.05, 3.63) is 40.9 Å². The van der Waals surface area contributed by atoms with E-state index in [1.807, 2.05) is 5.32 Å². The van der Waals surface area contributed by atoms with E-state index < -0.39 is 31.0 Å². The number of halogens is 2. The lowest BCUT2D eigenvalue weighted by Crippen LogP contribution is -2.34. The largest absolute Gasteiger partial charge is 0.451 e. The van der Waals surface area contributed by atoms with Crippen molar-refractivity contribution < 1.29 is 37.4 Å². The second-order valence-corrected chi connectivity index (χ2v) is 5.93. The number of hydrogen-bond donors (Lipinski definition) is 2. The van der Waals surface area contributed by atoms with Crippen LogP contribution in [0.25, 0.3) is 0 Å². The van der Waals surface area contributed by atoms with Gasteiger partial charge in [-0.3, -0.25) is 19.7 Å². The summed E-state index contributed by atoms with van der Waals surface area (Å²) in [5, 5.41) is 5.89. The second-order valence-electron chi connectivity index (χ2n) is 5.08. The molecule has 12 heteroatoms. The maximum atomic E-state index is 12.1. The molecule has 0 radical (unpaired) electrons. The number of nitrogens with one attached hydrogen (secondary N) is 2. The van der Waals surface area contributed by atoms with E-state index >= 15 is 0 Å². The summed E-state index contributed by atoms with van der Waals surface area (Å²) in [4.78, 5) is 50.1. The van der Waals surface area contributed by atoms with Gasteiger partial charge in [-0.1, -0.05) is 0 Å². The topological polar surface area (TPSA) is 124 Å². The molecule has 148 valence electrons. The van der Waals surface area contributed by atoms with Crippen molar-refractivity contribution in [2.45, 2.75) is 13.5 Å². The lowest BCUT2D eigenvalue weighted by Gasteiger charge is -2.07. The molecule has 0 spiro atoms. The lowest BCUT2D eigenvalue weighted by molar-refractivity contribution is -0.123. The van der Waals surface area contributed by atoms with Gasteiger partial charge in [0.2, 0.25) is 5.91 Å². The van der Waals surface area contributed by atoms with Crippen LogP contribution >= 0.6 is 11.3 Å². The molecule has 3 amide bonds. The highest BCUT2D eigenvalue weighted by atomic mass is 32.1. The third kappa shape index (κ3) is 6.39. The Morgan fingerprint density at radius 2 is 1.86 bits per heavy atom. The minimum absolute atomic E-state index is 0.0146. The Labute approximate surface area is 160 Å². The quantitative estimate of drug-likeness (QED) is 0.664. The van der Waals surface area contributed by atoms with E-state index in [1.165, 1.54) is 24.4 Å². The van der Waals surface area contributed by atoms with Crippen LogP contribution in [0.15, 0.2) is 29.6 Å². The summed E-state index contributed by atoms with van der Waals surface area (Å²) in [7, 11) is 0. The van der Waals surface area contributed by atoms with E-state index in [0.717, 1.165) is 23.5 Å². The van der Waals surface area contributed by atoms with E-state index in [-0.39, 0.29) is 28.0 Å². The van der Waals surface area contributed by atoms with Crippen LogP contribution < -0.4 is 15.4 Å². The van der Waals surface area contributed by atoms with Gasteiger partial charge in [0.15, 0.2) is 17.4 Å². The summed E-state index contributed by atoms with van der Waals surface area (Å²) in [5.41, 5.74) is -0.0942. The first-order valence-corrected chi connectivity index (χ1v) is 8.42. The molecule has 0 aliphatic carbocycles. The van der Waals surface area contributed by atoms with Crippen LogP contribution in [0, 0.1) is 0 Å². The number of rotatable bonds is 7. The number of aromatic nitrogens is 1. The Kier molecular flexibility index (Phi) is 7.09. The fourth-order valence-corrected chi connectivity index (χ4v) is 2.53. The molecule has 2 aromatic rings. The summed E-state index contributed by atoms with van der Waals surface area (Å²) in [6.07, 6.45) is 0. The molecule has 0 aliphatic heterocycles. The molecule has 1 aromatic heterocycles. The third-order valence-corrected chi connectivity index (χ3v) is 3.68. The number of thiazole rings is 1. The molecular formula is C16H13F2N3O6S. The molecule has 0 unspecified atom stereocenters. The Morgan fingerprint density at radius 1 is 1.18 bits per heavy atom. The lowest BCUT2D eigenvalue weighted by atomic mass is 10.2. The average molecular weight is 413 g/mol. The molecule has 0 saturated heterocycles. The van der Waals surface area contributed by atoms with E-state index in [2.05, 4.69) is 15.0 Å². The van der Waals surface area contributed by atoms with Crippen LogP contribution in [-0.4, -0.2) is 41.9 Å². The van der Waals surface area contributed by atoms with Crippen LogP contribution in [0.2, 0.25) is 0 Å². The average Bonchev–Trinajstić information content (AvgIpc) is 3.07. The van der Waals surface area contributed by atoms with Crippen molar-refractivity contribution in [2.75, 3.05) is 11.9 Å². The summed E-state index contributed by atoms with van der Waals surface area (Å²) in [6, 6.07) is 4.65. The Balaban J connectivity index is 1.82. The first kappa shape index (κ1) is 20.9. The maximum Gasteiger partial charge on any atom is 0.387 e. The number of benzene rings is 1. The van der Waals surface area contributed by atoms with E-state index in [0.29, 0.717) is 0 Å².